The maximum atomic E-state index is 5.72. The molecule has 1 aromatic rings. The van der Waals surface area contributed by atoms with Crippen LogP contribution < -0.4 is 10.1 Å². The Morgan fingerprint density at radius 3 is 2.50 bits per heavy atom. The van der Waals surface area contributed by atoms with E-state index in [0.29, 0.717) is 17.4 Å². The molecule has 1 aromatic carbocycles. The molecule has 0 aromatic heterocycles. The Kier molecular flexibility index (Phi) is 4.50. The highest BCUT2D eigenvalue weighted by Gasteiger charge is 2.51. The number of aryl methyl sites for hydroxylation is 1. The number of rotatable bonds is 5. The maximum absolute atomic E-state index is 5.72. The first-order chi connectivity index (χ1) is 9.33. The zero-order valence-electron chi connectivity index (χ0n) is 13.4. The molecule has 2 atom stereocenters. The van der Waals surface area contributed by atoms with E-state index in [9.17, 15) is 0 Å². The molecule has 2 unspecified atom stereocenters. The topological polar surface area (TPSA) is 21.3 Å². The lowest BCUT2D eigenvalue weighted by atomic mass is 9.91. The number of methoxy groups -OCH3 is 1. The average molecular weight is 340 g/mol. The van der Waals surface area contributed by atoms with Gasteiger partial charge in [0.2, 0.25) is 0 Å². The fourth-order valence-corrected chi connectivity index (χ4v) is 3.82. The van der Waals surface area contributed by atoms with Crippen molar-refractivity contribution in [1.82, 2.24) is 5.32 Å². The molecule has 0 aliphatic heterocycles. The average Bonchev–Trinajstić information content (AvgIpc) is 3.00. The summed E-state index contributed by atoms with van der Waals surface area (Å²) in [5.41, 5.74) is 4.25. The number of hydrogen-bond donors (Lipinski definition) is 1. The van der Waals surface area contributed by atoms with E-state index in [-0.39, 0.29) is 0 Å². The summed E-state index contributed by atoms with van der Waals surface area (Å²) in [6.07, 6.45) is 1.28. The quantitative estimate of drug-likeness (QED) is 0.834. The van der Waals surface area contributed by atoms with Crippen LogP contribution >= 0.6 is 15.9 Å². The second-order valence-corrected chi connectivity index (χ2v) is 7.44. The molecule has 0 amide bonds. The summed E-state index contributed by atoms with van der Waals surface area (Å²) in [4.78, 5) is 0. The SMILES string of the molecule is CCNC(c1c(C)c(Br)cc(C)c1OC)C1CC1(C)C. The Morgan fingerprint density at radius 2 is 2.05 bits per heavy atom. The van der Waals surface area contributed by atoms with Crippen molar-refractivity contribution >= 4 is 15.9 Å². The van der Waals surface area contributed by atoms with Crippen LogP contribution in [0, 0.1) is 25.2 Å². The van der Waals surface area contributed by atoms with Crippen molar-refractivity contribution in [1.29, 1.82) is 0 Å². The molecule has 0 heterocycles. The Hall–Kier alpha value is -0.540. The Labute approximate surface area is 131 Å². The lowest BCUT2D eigenvalue weighted by Crippen LogP contribution is -2.26. The van der Waals surface area contributed by atoms with E-state index in [1.165, 1.54) is 27.6 Å². The normalized spacial score (nSPS) is 21.6. The van der Waals surface area contributed by atoms with Crippen LogP contribution in [0.4, 0.5) is 0 Å². The minimum absolute atomic E-state index is 0.376. The zero-order chi connectivity index (χ0) is 15.1. The second-order valence-electron chi connectivity index (χ2n) is 6.58. The third-order valence-electron chi connectivity index (χ3n) is 4.64. The largest absolute Gasteiger partial charge is 0.496 e. The first-order valence-corrected chi connectivity index (χ1v) is 8.19. The lowest BCUT2D eigenvalue weighted by Gasteiger charge is -2.26. The molecule has 20 heavy (non-hydrogen) atoms. The van der Waals surface area contributed by atoms with Gasteiger partial charge < -0.3 is 10.1 Å². The van der Waals surface area contributed by atoms with Crippen molar-refractivity contribution in [3.05, 3.63) is 27.2 Å². The van der Waals surface area contributed by atoms with Gasteiger partial charge in [-0.3, -0.25) is 0 Å². The van der Waals surface area contributed by atoms with Gasteiger partial charge in [-0.15, -0.1) is 0 Å². The van der Waals surface area contributed by atoms with E-state index >= 15 is 0 Å². The third-order valence-corrected chi connectivity index (χ3v) is 5.46. The number of benzene rings is 1. The first kappa shape index (κ1) is 15.8. The fourth-order valence-electron chi connectivity index (χ4n) is 3.26. The van der Waals surface area contributed by atoms with E-state index in [2.05, 4.69) is 61.9 Å². The van der Waals surface area contributed by atoms with Crippen LogP contribution in [0.15, 0.2) is 10.5 Å². The second kappa shape index (κ2) is 5.69. The first-order valence-electron chi connectivity index (χ1n) is 7.40. The summed E-state index contributed by atoms with van der Waals surface area (Å²) in [6, 6.07) is 2.53. The molecule has 2 nitrogen and oxygen atoms in total. The predicted octanol–water partition coefficient (Wildman–Crippen LogP) is 4.77. The predicted molar refractivity (Wildman–Crippen MR) is 88.5 cm³/mol. The smallest absolute Gasteiger partial charge is 0.126 e. The molecule has 1 fully saturated rings. The van der Waals surface area contributed by atoms with Crippen LogP contribution in [0.5, 0.6) is 5.75 Å². The molecule has 3 heteroatoms. The van der Waals surface area contributed by atoms with E-state index in [1.54, 1.807) is 7.11 Å². The standard InChI is InChI=1S/C17H26BrNO/c1-7-19-15(12-9-17(12,4)5)14-11(3)13(18)8-10(2)16(14)20-6/h8,12,15,19H,7,9H2,1-6H3. The summed E-state index contributed by atoms with van der Waals surface area (Å²) >= 11 is 3.69. The monoisotopic (exact) mass is 339 g/mol. The molecular formula is C17H26BrNO. The van der Waals surface area contributed by atoms with E-state index < -0.39 is 0 Å². The molecule has 1 aliphatic carbocycles. The van der Waals surface area contributed by atoms with Crippen molar-refractivity contribution in [2.24, 2.45) is 11.3 Å². The number of hydrogen-bond acceptors (Lipinski definition) is 2. The molecule has 0 spiro atoms. The van der Waals surface area contributed by atoms with Crippen molar-refractivity contribution < 1.29 is 4.74 Å². The number of nitrogens with one attached hydrogen (secondary N) is 1. The highest BCUT2D eigenvalue weighted by molar-refractivity contribution is 9.10. The summed E-state index contributed by atoms with van der Waals surface area (Å²) in [6.45, 7) is 12.2. The van der Waals surface area contributed by atoms with Crippen LogP contribution in [0.3, 0.4) is 0 Å². The summed E-state index contributed by atoms with van der Waals surface area (Å²) in [5.74, 6) is 1.73. The minimum Gasteiger partial charge on any atom is -0.496 e. The molecule has 1 aliphatic rings. The van der Waals surface area contributed by atoms with Crippen LogP contribution in [0.25, 0.3) is 0 Å². The molecule has 0 bridgehead atoms. The van der Waals surface area contributed by atoms with E-state index in [1.807, 2.05) is 0 Å². The van der Waals surface area contributed by atoms with E-state index in [4.69, 9.17) is 4.74 Å². The van der Waals surface area contributed by atoms with Crippen LogP contribution in [-0.2, 0) is 0 Å². The van der Waals surface area contributed by atoms with Gasteiger partial charge in [0.15, 0.2) is 0 Å². The van der Waals surface area contributed by atoms with Crippen molar-refractivity contribution in [2.45, 2.75) is 47.1 Å². The molecule has 112 valence electrons. The molecule has 0 saturated heterocycles. The third kappa shape index (κ3) is 2.75. The van der Waals surface area contributed by atoms with Gasteiger partial charge in [-0.05, 0) is 55.3 Å². The summed E-state index contributed by atoms with van der Waals surface area (Å²) in [5, 5.41) is 3.69. The fraction of sp³-hybridized carbons (Fsp3) is 0.647. The molecule has 1 saturated carbocycles. The van der Waals surface area contributed by atoms with Gasteiger partial charge in [0.25, 0.3) is 0 Å². The Balaban J connectivity index is 2.52. The van der Waals surface area contributed by atoms with Crippen LogP contribution in [0.2, 0.25) is 0 Å². The highest BCUT2D eigenvalue weighted by Crippen LogP contribution is 2.59. The van der Waals surface area contributed by atoms with Crippen LogP contribution in [0.1, 0.15) is 49.9 Å². The number of halogens is 1. The lowest BCUT2D eigenvalue weighted by molar-refractivity contribution is 0.374. The van der Waals surface area contributed by atoms with Crippen molar-refractivity contribution in [2.75, 3.05) is 13.7 Å². The molecule has 0 radical (unpaired) electrons. The van der Waals surface area contributed by atoms with Crippen molar-refractivity contribution in [3.8, 4) is 5.75 Å². The van der Waals surface area contributed by atoms with Gasteiger partial charge in [0.05, 0.1) is 7.11 Å². The van der Waals surface area contributed by atoms with Crippen LogP contribution in [-0.4, -0.2) is 13.7 Å². The van der Waals surface area contributed by atoms with Gasteiger partial charge in [0, 0.05) is 16.1 Å². The van der Waals surface area contributed by atoms with Gasteiger partial charge in [-0.2, -0.15) is 0 Å². The molecule has 1 N–H and O–H groups in total. The van der Waals surface area contributed by atoms with Gasteiger partial charge in [-0.1, -0.05) is 36.7 Å². The zero-order valence-corrected chi connectivity index (χ0v) is 15.0. The number of ether oxygens (including phenoxy) is 1. The Bertz CT molecular complexity index is 510. The minimum atomic E-state index is 0.376. The van der Waals surface area contributed by atoms with Crippen molar-refractivity contribution in [3.63, 3.8) is 0 Å². The highest BCUT2D eigenvalue weighted by atomic mass is 79.9. The summed E-state index contributed by atoms with van der Waals surface area (Å²) < 4.78 is 6.90. The summed E-state index contributed by atoms with van der Waals surface area (Å²) in [7, 11) is 1.78. The van der Waals surface area contributed by atoms with Gasteiger partial charge in [-0.25, -0.2) is 0 Å². The van der Waals surface area contributed by atoms with Gasteiger partial charge in [0.1, 0.15) is 5.75 Å². The Morgan fingerprint density at radius 1 is 1.45 bits per heavy atom. The molecular weight excluding hydrogens is 314 g/mol. The van der Waals surface area contributed by atoms with Gasteiger partial charge >= 0.3 is 0 Å². The van der Waals surface area contributed by atoms with E-state index in [0.717, 1.165) is 12.3 Å². The molecule has 2 rings (SSSR count). The maximum Gasteiger partial charge on any atom is 0.126 e.